The largest absolute Gasteiger partial charge is 0.354 e. The number of hydrogen-bond donors (Lipinski definition) is 4. The summed E-state index contributed by atoms with van der Waals surface area (Å²) in [5.74, 6) is 0. The van der Waals surface area contributed by atoms with Crippen LogP contribution in [0.4, 0.5) is 16.5 Å². The van der Waals surface area contributed by atoms with Crippen molar-refractivity contribution in [2.24, 2.45) is 0 Å². The van der Waals surface area contributed by atoms with E-state index in [9.17, 15) is 0 Å². The van der Waals surface area contributed by atoms with Crippen molar-refractivity contribution in [1.82, 2.24) is 15.3 Å². The van der Waals surface area contributed by atoms with Gasteiger partial charge in [0.25, 0.3) is 0 Å². The minimum Gasteiger partial charge on any atom is -0.354 e. The first-order chi connectivity index (χ1) is 19.5. The zero-order chi connectivity index (χ0) is 27.9. The third-order valence-corrected chi connectivity index (χ3v) is 8.40. The number of nitrogens with zero attached hydrogens (tertiary/aromatic N) is 1. The van der Waals surface area contributed by atoms with Gasteiger partial charge in [0.15, 0.2) is 5.13 Å². The molecular formula is C33H39N5S2. The van der Waals surface area contributed by atoms with Gasteiger partial charge in [-0.05, 0) is 119 Å². The fraction of sp³-hybridized carbons (Fsp3) is 0.303. The van der Waals surface area contributed by atoms with Crippen LogP contribution in [-0.4, -0.2) is 29.3 Å². The topological polar surface area (TPSA) is 64.8 Å². The number of aryl methyl sites for hydroxylation is 4. The first-order valence-corrected chi connectivity index (χ1v) is 16.1. The summed E-state index contributed by atoms with van der Waals surface area (Å²) < 4.78 is 3.28. The fourth-order valence-electron chi connectivity index (χ4n) is 5.26. The molecule has 7 heteroatoms. The number of fused-ring (bicyclic) bond motifs is 1. The molecule has 4 N–H and O–H groups in total. The molecule has 0 amide bonds. The Labute approximate surface area is 246 Å². The average molecular weight is 570 g/mol. The van der Waals surface area contributed by atoms with Gasteiger partial charge in [-0.2, -0.15) is 0 Å². The minimum atomic E-state index is 0.928. The van der Waals surface area contributed by atoms with Gasteiger partial charge in [-0.15, -0.1) is 11.3 Å². The predicted molar refractivity (Wildman–Crippen MR) is 176 cm³/mol. The summed E-state index contributed by atoms with van der Waals surface area (Å²) in [6.07, 6.45) is 6.49. The fourth-order valence-corrected chi connectivity index (χ4v) is 6.34. The highest BCUT2D eigenvalue weighted by Crippen LogP contribution is 2.34. The van der Waals surface area contributed by atoms with E-state index in [0.29, 0.717) is 0 Å². The number of anilines is 3. The summed E-state index contributed by atoms with van der Waals surface area (Å²) in [6.45, 7) is 8.36. The van der Waals surface area contributed by atoms with E-state index in [0.717, 1.165) is 48.1 Å². The number of nitrogens with one attached hydrogen (secondary N) is 4. The van der Waals surface area contributed by atoms with Crippen LogP contribution < -0.4 is 15.4 Å². The van der Waals surface area contributed by atoms with Crippen LogP contribution in [0.1, 0.15) is 40.8 Å². The number of H-pyrrole nitrogens is 1. The van der Waals surface area contributed by atoms with Crippen molar-refractivity contribution >= 4 is 50.7 Å². The molecule has 3 aromatic carbocycles. The van der Waals surface area contributed by atoms with Gasteiger partial charge in [0, 0.05) is 39.6 Å². The van der Waals surface area contributed by atoms with E-state index in [4.69, 9.17) is 0 Å². The highest BCUT2D eigenvalue weighted by Gasteiger charge is 2.15. The van der Waals surface area contributed by atoms with Crippen LogP contribution in [0, 0.1) is 20.8 Å². The number of hydrogen-bond acceptors (Lipinski definition) is 6. The summed E-state index contributed by atoms with van der Waals surface area (Å²) in [4.78, 5) is 8.33. The number of thiazole rings is 1. The van der Waals surface area contributed by atoms with Crippen molar-refractivity contribution in [2.75, 3.05) is 29.4 Å². The van der Waals surface area contributed by atoms with Gasteiger partial charge in [0.2, 0.25) is 0 Å². The van der Waals surface area contributed by atoms with Crippen LogP contribution in [0.25, 0.3) is 22.2 Å². The molecule has 0 fully saturated rings. The molecule has 0 unspecified atom stereocenters. The Bertz CT molecular complexity index is 1530. The Morgan fingerprint density at radius 3 is 2.35 bits per heavy atom. The Balaban J connectivity index is 1.25. The van der Waals surface area contributed by atoms with Crippen molar-refractivity contribution < 1.29 is 0 Å². The third kappa shape index (κ3) is 7.27. The van der Waals surface area contributed by atoms with Crippen molar-refractivity contribution in [2.45, 2.75) is 46.5 Å². The second kappa shape index (κ2) is 13.4. The minimum absolute atomic E-state index is 0.928. The quantitative estimate of drug-likeness (QED) is 0.0843. The van der Waals surface area contributed by atoms with Gasteiger partial charge in [-0.25, -0.2) is 4.98 Å². The monoisotopic (exact) mass is 569 g/mol. The van der Waals surface area contributed by atoms with Gasteiger partial charge in [0.1, 0.15) is 0 Å². The Morgan fingerprint density at radius 2 is 1.62 bits per heavy atom. The lowest BCUT2D eigenvalue weighted by molar-refractivity contribution is 0.623. The number of aromatic amines is 1. The van der Waals surface area contributed by atoms with Crippen molar-refractivity contribution in [3.05, 3.63) is 94.0 Å². The normalized spacial score (nSPS) is 11.3. The molecule has 0 spiro atoms. The van der Waals surface area contributed by atoms with E-state index in [-0.39, 0.29) is 0 Å². The van der Waals surface area contributed by atoms with Gasteiger partial charge >= 0.3 is 0 Å². The smallest absolute Gasteiger partial charge is 0.187 e. The van der Waals surface area contributed by atoms with Crippen molar-refractivity contribution in [3.63, 3.8) is 0 Å². The van der Waals surface area contributed by atoms with Gasteiger partial charge in [-0.1, -0.05) is 41.3 Å². The van der Waals surface area contributed by atoms with Crippen LogP contribution in [0.5, 0.6) is 0 Å². The molecule has 0 aliphatic carbocycles. The molecule has 0 saturated heterocycles. The molecule has 5 aromatic rings. The molecule has 0 radical (unpaired) electrons. The maximum absolute atomic E-state index is 4.58. The maximum atomic E-state index is 4.58. The predicted octanol–water partition coefficient (Wildman–Crippen LogP) is 8.81. The Kier molecular flexibility index (Phi) is 9.47. The lowest BCUT2D eigenvalue weighted by Crippen LogP contribution is -2.18. The maximum Gasteiger partial charge on any atom is 0.187 e. The van der Waals surface area contributed by atoms with Crippen LogP contribution in [0.15, 0.2) is 66.0 Å². The Morgan fingerprint density at radius 1 is 0.850 bits per heavy atom. The summed E-state index contributed by atoms with van der Waals surface area (Å²) in [6, 6.07) is 22.2. The first-order valence-electron chi connectivity index (χ1n) is 14.0. The molecule has 2 aromatic heterocycles. The van der Waals surface area contributed by atoms with Crippen LogP contribution in [0.2, 0.25) is 0 Å². The molecular weight excluding hydrogens is 531 g/mol. The molecule has 0 atom stereocenters. The van der Waals surface area contributed by atoms with E-state index in [1.807, 2.05) is 13.2 Å². The molecule has 208 valence electrons. The second-order valence-electron chi connectivity index (χ2n) is 10.5. The summed E-state index contributed by atoms with van der Waals surface area (Å²) >= 11 is 3.27. The first kappa shape index (κ1) is 28.3. The summed E-state index contributed by atoms with van der Waals surface area (Å²) in [7, 11) is 0. The average Bonchev–Trinajstić information content (AvgIpc) is 3.51. The molecule has 5 rings (SSSR count). The standard InChI is InChI=1S/C33H39N5S2/c1-22-17-23(2)19-26(18-22)32-29(14-16-34-15-6-5-7-25-8-10-27(11-9-25)38-39-4)30-20-28(12-13-31(30)37-32)36-33-35-24(3)21-40-33/h8-13,17-21,34,37-38H,5-7,14-16H2,1-4H3,(H,35,36). The number of benzene rings is 3. The van der Waals surface area contributed by atoms with E-state index in [1.165, 1.54) is 57.3 Å². The second-order valence-corrected chi connectivity index (χ2v) is 12.0. The number of rotatable bonds is 13. The summed E-state index contributed by atoms with van der Waals surface area (Å²) in [5, 5.41) is 11.5. The van der Waals surface area contributed by atoms with E-state index >= 15 is 0 Å². The lowest BCUT2D eigenvalue weighted by Gasteiger charge is -2.10. The summed E-state index contributed by atoms with van der Waals surface area (Å²) in [5.41, 5.74) is 12.3. The molecule has 0 aliphatic heterocycles. The van der Waals surface area contributed by atoms with Crippen LogP contribution in [0.3, 0.4) is 0 Å². The SMILES string of the molecule is CSNc1ccc(CCCCNCCc2c(-c3cc(C)cc(C)c3)[nH]c3ccc(Nc4nc(C)cs4)cc23)cc1. The molecule has 0 saturated carbocycles. The molecule has 40 heavy (non-hydrogen) atoms. The third-order valence-electron chi connectivity index (χ3n) is 7.08. The Hall–Kier alpha value is -3.26. The van der Waals surface area contributed by atoms with Crippen molar-refractivity contribution in [3.8, 4) is 11.3 Å². The zero-order valence-corrected chi connectivity index (χ0v) is 25.5. The molecule has 2 heterocycles. The van der Waals surface area contributed by atoms with E-state index < -0.39 is 0 Å². The number of aromatic nitrogens is 2. The molecule has 0 aliphatic rings. The van der Waals surface area contributed by atoms with Crippen molar-refractivity contribution in [1.29, 1.82) is 0 Å². The number of unbranched alkanes of at least 4 members (excludes halogenated alkanes) is 1. The van der Waals surface area contributed by atoms with E-state index in [1.54, 1.807) is 23.3 Å². The van der Waals surface area contributed by atoms with Crippen LogP contribution in [-0.2, 0) is 12.8 Å². The van der Waals surface area contributed by atoms with Gasteiger partial charge < -0.3 is 20.3 Å². The van der Waals surface area contributed by atoms with Gasteiger partial charge in [-0.3, -0.25) is 0 Å². The zero-order valence-electron chi connectivity index (χ0n) is 23.9. The van der Waals surface area contributed by atoms with Gasteiger partial charge in [0.05, 0.1) is 5.69 Å². The molecule has 5 nitrogen and oxygen atoms in total. The van der Waals surface area contributed by atoms with Crippen LogP contribution >= 0.6 is 23.3 Å². The van der Waals surface area contributed by atoms with E-state index in [2.05, 4.69) is 105 Å². The highest BCUT2D eigenvalue weighted by molar-refractivity contribution is 7.99. The lowest BCUT2D eigenvalue weighted by atomic mass is 9.99. The molecule has 0 bridgehead atoms. The highest BCUT2D eigenvalue weighted by atomic mass is 32.2.